The lowest BCUT2D eigenvalue weighted by atomic mass is 10.2. The Kier molecular flexibility index (Phi) is 4.91. The van der Waals surface area contributed by atoms with Crippen molar-refractivity contribution in [2.24, 2.45) is 0 Å². The second kappa shape index (κ2) is 6.22. The fourth-order valence-electron chi connectivity index (χ4n) is 1.20. The molecule has 88 valence electrons. The molecule has 6 heteroatoms. The molecule has 0 aliphatic rings. The van der Waals surface area contributed by atoms with Crippen molar-refractivity contribution in [3.63, 3.8) is 0 Å². The Bertz CT molecular complexity index is 351. The Labute approximate surface area is 97.6 Å². The highest BCUT2D eigenvalue weighted by Crippen LogP contribution is 2.02. The molecule has 5 nitrogen and oxygen atoms in total. The molecule has 16 heavy (non-hydrogen) atoms. The van der Waals surface area contributed by atoms with Crippen LogP contribution in [-0.4, -0.2) is 40.0 Å². The zero-order chi connectivity index (χ0) is 12.0. The molecular formula is C10H14N2O3S. The third kappa shape index (κ3) is 3.62. The first-order valence-electron chi connectivity index (χ1n) is 4.81. The van der Waals surface area contributed by atoms with Crippen LogP contribution in [0, 0.1) is 0 Å². The van der Waals surface area contributed by atoms with Crippen LogP contribution in [0.25, 0.3) is 0 Å². The van der Waals surface area contributed by atoms with Crippen LogP contribution in [0.4, 0.5) is 0 Å². The molecule has 3 N–H and O–H groups in total. The maximum Gasteiger partial charge on any atom is 0.326 e. The molecule has 0 aliphatic carbocycles. The van der Waals surface area contributed by atoms with E-state index in [1.54, 1.807) is 30.1 Å². The standard InChI is InChI=1S/C10H14N2O3S/c1-16-6-4-8(10(14)15)12-9(13)7-3-2-5-11-7/h2-3,5,8,11H,4,6H2,1H3,(H,12,13)(H,14,15). The summed E-state index contributed by atoms with van der Waals surface area (Å²) < 4.78 is 0. The van der Waals surface area contributed by atoms with E-state index in [1.165, 1.54) is 0 Å². The van der Waals surface area contributed by atoms with E-state index in [4.69, 9.17) is 5.11 Å². The van der Waals surface area contributed by atoms with E-state index in [0.717, 1.165) is 0 Å². The Morgan fingerprint density at radius 3 is 2.88 bits per heavy atom. The van der Waals surface area contributed by atoms with Gasteiger partial charge in [0.2, 0.25) is 0 Å². The van der Waals surface area contributed by atoms with Gasteiger partial charge in [-0.15, -0.1) is 0 Å². The number of carboxylic acids is 1. The molecule has 0 spiro atoms. The summed E-state index contributed by atoms with van der Waals surface area (Å²) in [4.78, 5) is 25.2. The quantitative estimate of drug-likeness (QED) is 0.693. The summed E-state index contributed by atoms with van der Waals surface area (Å²) in [5.41, 5.74) is 0.371. The Balaban J connectivity index is 2.54. The molecule has 0 saturated heterocycles. The van der Waals surface area contributed by atoms with Gasteiger partial charge in [0.15, 0.2) is 0 Å². The van der Waals surface area contributed by atoms with Crippen molar-refractivity contribution in [2.75, 3.05) is 12.0 Å². The van der Waals surface area contributed by atoms with E-state index in [9.17, 15) is 9.59 Å². The molecular weight excluding hydrogens is 228 g/mol. The number of aromatic nitrogens is 1. The fraction of sp³-hybridized carbons (Fsp3) is 0.400. The summed E-state index contributed by atoms with van der Waals surface area (Å²) in [6.45, 7) is 0. The molecule has 1 aromatic heterocycles. The number of aromatic amines is 1. The van der Waals surface area contributed by atoms with Gasteiger partial charge in [0.1, 0.15) is 11.7 Å². The highest BCUT2D eigenvalue weighted by atomic mass is 32.2. The van der Waals surface area contributed by atoms with Crippen molar-refractivity contribution in [3.8, 4) is 0 Å². The second-order valence-electron chi connectivity index (χ2n) is 3.23. The van der Waals surface area contributed by atoms with E-state index < -0.39 is 17.9 Å². The first kappa shape index (κ1) is 12.6. The van der Waals surface area contributed by atoms with Crippen LogP contribution in [0.2, 0.25) is 0 Å². The van der Waals surface area contributed by atoms with E-state index in [1.807, 2.05) is 6.26 Å². The van der Waals surface area contributed by atoms with Gasteiger partial charge in [0.05, 0.1) is 0 Å². The minimum absolute atomic E-state index is 0.371. The van der Waals surface area contributed by atoms with E-state index in [-0.39, 0.29) is 0 Å². The maximum absolute atomic E-state index is 11.6. The van der Waals surface area contributed by atoms with Gasteiger partial charge in [-0.3, -0.25) is 4.79 Å². The minimum atomic E-state index is -1.01. The molecule has 1 atom stereocenters. The number of carbonyl (C=O) groups excluding carboxylic acids is 1. The monoisotopic (exact) mass is 242 g/mol. The smallest absolute Gasteiger partial charge is 0.326 e. The number of H-pyrrole nitrogens is 1. The maximum atomic E-state index is 11.6. The summed E-state index contributed by atoms with van der Waals surface area (Å²) in [6.07, 6.45) is 3.93. The van der Waals surface area contributed by atoms with Gasteiger partial charge < -0.3 is 15.4 Å². The van der Waals surface area contributed by atoms with Gasteiger partial charge in [0, 0.05) is 6.20 Å². The molecule has 0 fully saturated rings. The van der Waals surface area contributed by atoms with Gasteiger partial charge in [-0.1, -0.05) is 0 Å². The van der Waals surface area contributed by atoms with Gasteiger partial charge in [-0.25, -0.2) is 4.79 Å². The Hall–Kier alpha value is -1.43. The fourth-order valence-corrected chi connectivity index (χ4v) is 1.67. The topological polar surface area (TPSA) is 82.2 Å². The number of thioether (sulfide) groups is 1. The van der Waals surface area contributed by atoms with Crippen molar-refractivity contribution in [1.29, 1.82) is 0 Å². The van der Waals surface area contributed by atoms with Gasteiger partial charge in [-0.05, 0) is 30.6 Å². The van der Waals surface area contributed by atoms with Crippen molar-refractivity contribution >= 4 is 23.6 Å². The van der Waals surface area contributed by atoms with Crippen molar-refractivity contribution in [3.05, 3.63) is 24.0 Å². The van der Waals surface area contributed by atoms with Crippen molar-refractivity contribution in [1.82, 2.24) is 10.3 Å². The third-order valence-electron chi connectivity index (χ3n) is 2.06. The molecule has 1 unspecified atom stereocenters. The number of nitrogens with one attached hydrogen (secondary N) is 2. The first-order chi connectivity index (χ1) is 7.65. The Morgan fingerprint density at radius 1 is 1.62 bits per heavy atom. The number of carboxylic acid groups (broad SMARTS) is 1. The summed E-state index contributed by atoms with van der Waals surface area (Å²) in [5, 5.41) is 11.4. The SMILES string of the molecule is CSCCC(NC(=O)c1ccc[nH]1)C(=O)O. The second-order valence-corrected chi connectivity index (χ2v) is 4.22. The van der Waals surface area contributed by atoms with Gasteiger partial charge in [-0.2, -0.15) is 11.8 Å². The average molecular weight is 242 g/mol. The number of hydrogen-bond acceptors (Lipinski definition) is 3. The lowest BCUT2D eigenvalue weighted by Crippen LogP contribution is -2.41. The van der Waals surface area contributed by atoms with E-state index in [0.29, 0.717) is 17.9 Å². The minimum Gasteiger partial charge on any atom is -0.480 e. The first-order valence-corrected chi connectivity index (χ1v) is 6.20. The summed E-state index contributed by atoms with van der Waals surface area (Å²) in [7, 11) is 0. The lowest BCUT2D eigenvalue weighted by molar-refractivity contribution is -0.139. The molecule has 0 saturated carbocycles. The predicted molar refractivity (Wildman–Crippen MR) is 62.7 cm³/mol. The third-order valence-corrected chi connectivity index (χ3v) is 2.70. The predicted octanol–water partition coefficient (Wildman–Crippen LogP) is 0.951. The number of rotatable bonds is 6. The molecule has 1 aromatic rings. The highest BCUT2D eigenvalue weighted by Gasteiger charge is 2.20. The molecule has 0 bridgehead atoms. The molecule has 1 heterocycles. The van der Waals surface area contributed by atoms with Crippen LogP contribution in [0.1, 0.15) is 16.9 Å². The average Bonchev–Trinajstić information content (AvgIpc) is 2.76. The number of amides is 1. The Morgan fingerprint density at radius 2 is 2.38 bits per heavy atom. The number of hydrogen-bond donors (Lipinski definition) is 3. The zero-order valence-corrected chi connectivity index (χ0v) is 9.71. The van der Waals surface area contributed by atoms with E-state index >= 15 is 0 Å². The summed E-state index contributed by atoms with van der Waals surface area (Å²) >= 11 is 1.55. The van der Waals surface area contributed by atoms with Gasteiger partial charge in [0.25, 0.3) is 5.91 Å². The van der Waals surface area contributed by atoms with Crippen LogP contribution in [-0.2, 0) is 4.79 Å². The molecule has 0 aliphatic heterocycles. The number of aliphatic carboxylic acids is 1. The number of carbonyl (C=O) groups is 2. The normalized spacial score (nSPS) is 12.1. The van der Waals surface area contributed by atoms with Crippen LogP contribution >= 0.6 is 11.8 Å². The lowest BCUT2D eigenvalue weighted by Gasteiger charge is -2.13. The van der Waals surface area contributed by atoms with Crippen molar-refractivity contribution < 1.29 is 14.7 Å². The van der Waals surface area contributed by atoms with Crippen LogP contribution < -0.4 is 5.32 Å². The molecule has 1 rings (SSSR count). The van der Waals surface area contributed by atoms with Crippen LogP contribution in [0.3, 0.4) is 0 Å². The van der Waals surface area contributed by atoms with E-state index in [2.05, 4.69) is 10.3 Å². The highest BCUT2D eigenvalue weighted by molar-refractivity contribution is 7.98. The summed E-state index contributed by atoms with van der Waals surface area (Å²) in [6, 6.07) is 2.46. The molecule has 0 radical (unpaired) electrons. The van der Waals surface area contributed by atoms with Crippen LogP contribution in [0.15, 0.2) is 18.3 Å². The van der Waals surface area contributed by atoms with Crippen molar-refractivity contribution in [2.45, 2.75) is 12.5 Å². The largest absolute Gasteiger partial charge is 0.480 e. The molecule has 1 amide bonds. The van der Waals surface area contributed by atoms with Crippen LogP contribution in [0.5, 0.6) is 0 Å². The molecule has 0 aromatic carbocycles. The van der Waals surface area contributed by atoms with Gasteiger partial charge >= 0.3 is 5.97 Å². The zero-order valence-electron chi connectivity index (χ0n) is 8.90. The summed E-state index contributed by atoms with van der Waals surface area (Å²) in [5.74, 6) is -0.699.